The second-order valence-electron chi connectivity index (χ2n) is 2.69. The van der Waals surface area contributed by atoms with Crippen LogP contribution in [0.15, 0.2) is 12.3 Å². The van der Waals surface area contributed by atoms with Gasteiger partial charge < -0.3 is 5.32 Å². The molecule has 11 heavy (non-hydrogen) atoms. The Morgan fingerprint density at radius 1 is 1.55 bits per heavy atom. The van der Waals surface area contributed by atoms with E-state index < -0.39 is 0 Å². The molecule has 1 N–H and O–H groups in total. The fraction of sp³-hybridized carbons (Fsp3) is 0.429. The highest BCUT2D eigenvalue weighted by molar-refractivity contribution is 6.29. The third-order valence-electron chi connectivity index (χ3n) is 1.57. The lowest BCUT2D eigenvalue weighted by atomic mass is 10.4. The van der Waals surface area contributed by atoms with Crippen molar-refractivity contribution in [3.8, 4) is 0 Å². The molecule has 1 fully saturated rings. The highest BCUT2D eigenvalue weighted by atomic mass is 35.5. The molecule has 0 aliphatic heterocycles. The van der Waals surface area contributed by atoms with E-state index in [4.69, 9.17) is 11.6 Å². The summed E-state index contributed by atoms with van der Waals surface area (Å²) >= 11 is 5.64. The van der Waals surface area contributed by atoms with Gasteiger partial charge in [0.25, 0.3) is 0 Å². The molecule has 0 aromatic carbocycles. The lowest BCUT2D eigenvalue weighted by Crippen LogP contribution is -2.01. The van der Waals surface area contributed by atoms with Crippen molar-refractivity contribution in [2.45, 2.75) is 18.9 Å². The summed E-state index contributed by atoms with van der Waals surface area (Å²) in [6.07, 6.45) is 4.18. The van der Waals surface area contributed by atoms with Crippen molar-refractivity contribution >= 4 is 17.3 Å². The minimum absolute atomic E-state index is 0.440. The van der Waals surface area contributed by atoms with Gasteiger partial charge in [0.15, 0.2) is 5.15 Å². The summed E-state index contributed by atoms with van der Waals surface area (Å²) in [5, 5.41) is 11.1. The summed E-state index contributed by atoms with van der Waals surface area (Å²) in [6.45, 7) is 0. The lowest BCUT2D eigenvalue weighted by Gasteiger charge is -2.01. The Kier molecular flexibility index (Phi) is 1.66. The van der Waals surface area contributed by atoms with Crippen LogP contribution in [-0.4, -0.2) is 16.2 Å². The van der Waals surface area contributed by atoms with Crippen LogP contribution in [0.3, 0.4) is 0 Å². The Morgan fingerprint density at radius 2 is 2.36 bits per heavy atom. The summed E-state index contributed by atoms with van der Waals surface area (Å²) in [4.78, 5) is 0. The third-order valence-corrected chi connectivity index (χ3v) is 1.76. The van der Waals surface area contributed by atoms with E-state index in [-0.39, 0.29) is 0 Å². The molecule has 58 valence electrons. The van der Waals surface area contributed by atoms with Gasteiger partial charge in [-0.1, -0.05) is 11.6 Å². The predicted octanol–water partition coefficient (Wildman–Crippen LogP) is 1.70. The van der Waals surface area contributed by atoms with Crippen LogP contribution < -0.4 is 5.32 Å². The number of rotatable bonds is 2. The fourth-order valence-electron chi connectivity index (χ4n) is 0.883. The summed E-state index contributed by atoms with van der Waals surface area (Å²) in [5.74, 6) is 0. The molecule has 0 saturated heterocycles. The molecule has 1 aromatic heterocycles. The molecule has 1 aliphatic rings. The molecule has 1 aliphatic carbocycles. The van der Waals surface area contributed by atoms with Gasteiger partial charge in [-0.2, -0.15) is 5.10 Å². The minimum atomic E-state index is 0.440. The molecule has 0 spiro atoms. The van der Waals surface area contributed by atoms with Crippen LogP contribution in [0.25, 0.3) is 0 Å². The number of halogens is 1. The molecule has 1 aromatic rings. The van der Waals surface area contributed by atoms with Crippen LogP contribution in [-0.2, 0) is 0 Å². The molecule has 2 rings (SSSR count). The lowest BCUT2D eigenvalue weighted by molar-refractivity contribution is 1.02. The zero-order valence-corrected chi connectivity index (χ0v) is 6.67. The maximum Gasteiger partial charge on any atom is 0.153 e. The number of hydrogen-bond acceptors (Lipinski definition) is 3. The summed E-state index contributed by atoms with van der Waals surface area (Å²) in [6, 6.07) is 2.42. The number of anilines is 1. The SMILES string of the molecule is Clc1cc(NC2CC2)cnn1. The molecular weight excluding hydrogens is 162 g/mol. The second kappa shape index (κ2) is 2.66. The topological polar surface area (TPSA) is 37.8 Å². The molecule has 3 nitrogen and oxygen atoms in total. The van der Waals surface area contributed by atoms with E-state index >= 15 is 0 Å². The maximum absolute atomic E-state index is 5.64. The quantitative estimate of drug-likeness (QED) is 0.733. The van der Waals surface area contributed by atoms with Crippen LogP contribution in [0.4, 0.5) is 5.69 Å². The van der Waals surface area contributed by atoms with E-state index in [0.29, 0.717) is 11.2 Å². The molecule has 0 unspecified atom stereocenters. The maximum atomic E-state index is 5.64. The van der Waals surface area contributed by atoms with Crippen LogP contribution in [0.2, 0.25) is 5.15 Å². The molecule has 0 amide bonds. The Hall–Kier alpha value is -0.830. The van der Waals surface area contributed by atoms with Gasteiger partial charge in [0.05, 0.1) is 11.9 Å². The third kappa shape index (κ3) is 1.80. The van der Waals surface area contributed by atoms with Gasteiger partial charge in [0.1, 0.15) is 0 Å². The van der Waals surface area contributed by atoms with Gasteiger partial charge in [0.2, 0.25) is 0 Å². The van der Waals surface area contributed by atoms with Crippen molar-refractivity contribution in [3.63, 3.8) is 0 Å². The zero-order valence-electron chi connectivity index (χ0n) is 5.92. The Labute approximate surface area is 69.8 Å². The van der Waals surface area contributed by atoms with Crippen molar-refractivity contribution in [3.05, 3.63) is 17.4 Å². The van der Waals surface area contributed by atoms with Crippen molar-refractivity contribution in [2.75, 3.05) is 5.32 Å². The van der Waals surface area contributed by atoms with Crippen LogP contribution >= 0.6 is 11.6 Å². The smallest absolute Gasteiger partial charge is 0.153 e. The molecular formula is C7H8ClN3. The Balaban J connectivity index is 2.10. The first-order valence-electron chi connectivity index (χ1n) is 3.59. The van der Waals surface area contributed by atoms with Crippen molar-refractivity contribution < 1.29 is 0 Å². The average molecular weight is 170 g/mol. The molecule has 4 heteroatoms. The molecule has 1 heterocycles. The van der Waals surface area contributed by atoms with Crippen molar-refractivity contribution in [2.24, 2.45) is 0 Å². The second-order valence-corrected chi connectivity index (χ2v) is 3.07. The Morgan fingerprint density at radius 3 is 3.00 bits per heavy atom. The fourth-order valence-corrected chi connectivity index (χ4v) is 1.04. The van der Waals surface area contributed by atoms with Crippen molar-refractivity contribution in [1.29, 1.82) is 0 Å². The highest BCUT2D eigenvalue weighted by Gasteiger charge is 2.20. The van der Waals surface area contributed by atoms with E-state index in [0.717, 1.165) is 5.69 Å². The van der Waals surface area contributed by atoms with E-state index in [1.165, 1.54) is 12.8 Å². The van der Waals surface area contributed by atoms with E-state index in [1.54, 1.807) is 12.3 Å². The van der Waals surface area contributed by atoms with Crippen molar-refractivity contribution in [1.82, 2.24) is 10.2 Å². The van der Waals surface area contributed by atoms with Gasteiger partial charge in [-0.25, -0.2) is 0 Å². The first-order chi connectivity index (χ1) is 5.34. The van der Waals surface area contributed by atoms with Gasteiger partial charge >= 0.3 is 0 Å². The highest BCUT2D eigenvalue weighted by Crippen LogP contribution is 2.24. The van der Waals surface area contributed by atoms with Gasteiger partial charge in [-0.05, 0) is 12.8 Å². The standard InChI is InChI=1S/C7H8ClN3/c8-7-3-6(4-9-11-7)10-5-1-2-5/h3-5H,1-2H2,(H,10,11). The van der Waals surface area contributed by atoms with E-state index in [1.807, 2.05) is 0 Å². The largest absolute Gasteiger partial charge is 0.381 e. The molecule has 1 saturated carbocycles. The monoisotopic (exact) mass is 169 g/mol. The number of hydrogen-bond donors (Lipinski definition) is 1. The molecule has 0 bridgehead atoms. The van der Waals surface area contributed by atoms with Crippen LogP contribution in [0.5, 0.6) is 0 Å². The number of nitrogens with one attached hydrogen (secondary N) is 1. The Bertz CT molecular complexity index is 260. The molecule has 0 radical (unpaired) electrons. The summed E-state index contributed by atoms with van der Waals surface area (Å²) in [7, 11) is 0. The average Bonchev–Trinajstić information content (AvgIpc) is 2.71. The van der Waals surface area contributed by atoms with Crippen LogP contribution in [0, 0.1) is 0 Å². The number of nitrogens with zero attached hydrogens (tertiary/aromatic N) is 2. The van der Waals surface area contributed by atoms with Crippen LogP contribution in [0.1, 0.15) is 12.8 Å². The first kappa shape index (κ1) is 6.85. The van der Waals surface area contributed by atoms with E-state index in [2.05, 4.69) is 15.5 Å². The normalized spacial score (nSPS) is 16.5. The zero-order chi connectivity index (χ0) is 7.68. The summed E-state index contributed by atoms with van der Waals surface area (Å²) < 4.78 is 0. The minimum Gasteiger partial charge on any atom is -0.381 e. The first-order valence-corrected chi connectivity index (χ1v) is 3.97. The van der Waals surface area contributed by atoms with Gasteiger partial charge in [-0.3, -0.25) is 0 Å². The molecule has 0 atom stereocenters. The predicted molar refractivity (Wildman–Crippen MR) is 43.7 cm³/mol. The summed E-state index contributed by atoms with van der Waals surface area (Å²) in [5.41, 5.74) is 0.965. The number of aromatic nitrogens is 2. The van der Waals surface area contributed by atoms with Gasteiger partial charge in [-0.15, -0.1) is 5.10 Å². The van der Waals surface area contributed by atoms with Gasteiger partial charge in [0, 0.05) is 12.1 Å². The van der Waals surface area contributed by atoms with E-state index in [9.17, 15) is 0 Å².